The van der Waals surface area contributed by atoms with Crippen molar-refractivity contribution in [3.8, 4) is 23.8 Å². The molecule has 1 N–H and O–H groups in total. The molecule has 0 spiro atoms. The second kappa shape index (κ2) is 13.1. The van der Waals surface area contributed by atoms with Crippen LogP contribution in [0.5, 0.6) is 11.5 Å². The third-order valence-corrected chi connectivity index (χ3v) is 9.81. The van der Waals surface area contributed by atoms with Gasteiger partial charge in [0.2, 0.25) is 0 Å². The normalized spacial score (nSPS) is 19.4. The number of amides is 4. The highest BCUT2D eigenvalue weighted by Crippen LogP contribution is 2.50. The van der Waals surface area contributed by atoms with Crippen molar-refractivity contribution >= 4 is 51.2 Å². The van der Waals surface area contributed by atoms with Gasteiger partial charge in [-0.3, -0.25) is 14.9 Å². The number of terminal acetylenes is 1. The van der Waals surface area contributed by atoms with Gasteiger partial charge in [-0.15, -0.1) is 6.42 Å². The van der Waals surface area contributed by atoms with E-state index in [2.05, 4.69) is 56.3 Å². The number of urea groups is 1. The topological polar surface area (TPSA) is 88.2 Å². The molecule has 0 aromatic heterocycles. The molecular formula is C39H32BrN3O5. The molecular weight excluding hydrogens is 670 g/mol. The molecule has 0 radical (unpaired) electrons. The summed E-state index contributed by atoms with van der Waals surface area (Å²) in [6.07, 6.45) is 8.60. The van der Waals surface area contributed by atoms with Crippen molar-refractivity contribution in [3.05, 3.63) is 123 Å². The number of ether oxygens (including phenoxy) is 2. The molecule has 1 saturated heterocycles. The first kappa shape index (κ1) is 31.3. The third kappa shape index (κ3) is 5.62. The van der Waals surface area contributed by atoms with Gasteiger partial charge in [-0.2, -0.15) is 0 Å². The Bertz CT molecular complexity index is 1930. The Hall–Kier alpha value is -5.33. The summed E-state index contributed by atoms with van der Waals surface area (Å²) in [5.74, 6) is 1.83. The van der Waals surface area contributed by atoms with Crippen molar-refractivity contribution in [1.82, 2.24) is 5.32 Å². The van der Waals surface area contributed by atoms with Crippen LogP contribution in [0.25, 0.3) is 6.08 Å². The van der Waals surface area contributed by atoms with Crippen LogP contribution in [0.15, 0.2) is 95.0 Å². The quantitative estimate of drug-likeness (QED) is 0.127. The molecule has 4 amide bonds. The number of hydrogen-bond donors (Lipinski definition) is 1. The first-order valence-electron chi connectivity index (χ1n) is 15.8. The lowest BCUT2D eigenvalue weighted by molar-refractivity contribution is -0.122. The van der Waals surface area contributed by atoms with Gasteiger partial charge < -0.3 is 14.4 Å². The highest BCUT2D eigenvalue weighted by atomic mass is 79.9. The maximum atomic E-state index is 14.2. The van der Waals surface area contributed by atoms with Crippen LogP contribution in [0.4, 0.5) is 16.2 Å². The highest BCUT2D eigenvalue weighted by Gasteiger charge is 2.40. The Morgan fingerprint density at radius 1 is 0.917 bits per heavy atom. The SMILES string of the molecule is C#CCOc1c(Br)cc(/C=C2\C(=O)NC(=O)N(c3cc4c5c(c3)[C@H](c3ccccc3)CCN5CC[C@@H]4c3ccccc3)C2=O)cc1OC. The first-order chi connectivity index (χ1) is 23.4. The molecule has 0 saturated carbocycles. The number of barbiturate groups is 1. The zero-order valence-corrected chi connectivity index (χ0v) is 27.8. The minimum absolute atomic E-state index is 0.0319. The number of imide groups is 2. The van der Waals surface area contributed by atoms with Gasteiger partial charge in [0.05, 0.1) is 17.3 Å². The molecule has 3 aliphatic rings. The van der Waals surface area contributed by atoms with Gasteiger partial charge in [-0.05, 0) is 86.9 Å². The second-order valence-corrected chi connectivity index (χ2v) is 12.8. The van der Waals surface area contributed by atoms with Crippen molar-refractivity contribution in [2.24, 2.45) is 0 Å². The average molecular weight is 703 g/mol. The highest BCUT2D eigenvalue weighted by molar-refractivity contribution is 9.10. The lowest BCUT2D eigenvalue weighted by Crippen LogP contribution is -2.54. The maximum absolute atomic E-state index is 14.2. The predicted octanol–water partition coefficient (Wildman–Crippen LogP) is 7.01. The van der Waals surface area contributed by atoms with Gasteiger partial charge in [0.25, 0.3) is 11.8 Å². The summed E-state index contributed by atoms with van der Waals surface area (Å²) in [5, 5.41) is 2.40. The van der Waals surface area contributed by atoms with Crippen LogP contribution in [0.3, 0.4) is 0 Å². The molecule has 8 nitrogen and oxygen atoms in total. The minimum Gasteiger partial charge on any atom is -0.493 e. The Balaban J connectivity index is 1.35. The fourth-order valence-corrected chi connectivity index (χ4v) is 7.68. The van der Waals surface area contributed by atoms with E-state index >= 15 is 0 Å². The van der Waals surface area contributed by atoms with Gasteiger partial charge >= 0.3 is 6.03 Å². The van der Waals surface area contributed by atoms with Crippen LogP contribution in [0.1, 0.15) is 52.5 Å². The molecule has 1 fully saturated rings. The number of anilines is 2. The Kier molecular flexibility index (Phi) is 8.50. The lowest BCUT2D eigenvalue weighted by Gasteiger charge is -2.44. The maximum Gasteiger partial charge on any atom is 0.335 e. The van der Waals surface area contributed by atoms with Crippen LogP contribution in [0, 0.1) is 12.3 Å². The minimum atomic E-state index is -0.790. The number of nitrogens with one attached hydrogen (secondary N) is 1. The molecule has 0 unspecified atom stereocenters. The zero-order chi connectivity index (χ0) is 33.4. The molecule has 4 aromatic rings. The lowest BCUT2D eigenvalue weighted by atomic mass is 9.76. The summed E-state index contributed by atoms with van der Waals surface area (Å²) < 4.78 is 11.6. The Morgan fingerprint density at radius 2 is 1.52 bits per heavy atom. The standard InChI is InChI=1S/C39H32BrN3O5/c1-3-18-48-36-33(40)20-24(21-34(36)47-2)19-32-37(44)41-39(46)43(38(32)45)27-22-30-28(25-10-6-4-7-11-25)14-16-42-17-15-29(31(23-27)35(30)42)26-12-8-5-9-13-26/h1,4-13,19-23,28-29H,14-18H2,2H3,(H,41,44,46)/b32-19+/t28-,29+. The van der Waals surface area contributed by atoms with E-state index in [1.807, 2.05) is 48.5 Å². The van der Waals surface area contributed by atoms with Crippen molar-refractivity contribution in [2.45, 2.75) is 24.7 Å². The number of carbonyl (C=O) groups excluding carboxylic acids is 3. The van der Waals surface area contributed by atoms with Gasteiger partial charge in [0.15, 0.2) is 11.5 Å². The molecule has 7 rings (SSSR count). The van der Waals surface area contributed by atoms with Crippen LogP contribution in [0.2, 0.25) is 0 Å². The summed E-state index contributed by atoms with van der Waals surface area (Å²) in [4.78, 5) is 44.5. The molecule has 0 bridgehead atoms. The zero-order valence-electron chi connectivity index (χ0n) is 26.2. The number of rotatable bonds is 7. The monoisotopic (exact) mass is 701 g/mol. The van der Waals surface area contributed by atoms with Crippen molar-refractivity contribution < 1.29 is 23.9 Å². The number of hydrogen-bond acceptors (Lipinski definition) is 6. The summed E-state index contributed by atoms with van der Waals surface area (Å²) >= 11 is 3.48. The van der Waals surface area contributed by atoms with Crippen LogP contribution in [-0.4, -0.2) is 44.7 Å². The van der Waals surface area contributed by atoms with E-state index in [0.29, 0.717) is 27.2 Å². The number of carbonyl (C=O) groups is 3. The fraction of sp³-hybridized carbons (Fsp3) is 0.205. The number of methoxy groups -OCH3 is 1. The summed E-state index contributed by atoms with van der Waals surface area (Å²) in [6.45, 7) is 1.86. The van der Waals surface area contributed by atoms with Crippen LogP contribution >= 0.6 is 15.9 Å². The summed E-state index contributed by atoms with van der Waals surface area (Å²) in [6, 6.07) is 27.1. The van der Waals surface area contributed by atoms with Crippen molar-refractivity contribution in [1.29, 1.82) is 0 Å². The van der Waals surface area contributed by atoms with E-state index in [0.717, 1.165) is 42.0 Å². The van der Waals surface area contributed by atoms with Gasteiger partial charge in [-0.25, -0.2) is 9.69 Å². The summed E-state index contributed by atoms with van der Waals surface area (Å²) in [5.41, 5.74) is 6.39. The van der Waals surface area contributed by atoms with Crippen LogP contribution < -0.4 is 24.6 Å². The van der Waals surface area contributed by atoms with Gasteiger partial charge in [-0.1, -0.05) is 66.6 Å². The third-order valence-electron chi connectivity index (χ3n) is 9.22. The molecule has 240 valence electrons. The largest absolute Gasteiger partial charge is 0.493 e. The smallest absolute Gasteiger partial charge is 0.335 e. The van der Waals surface area contributed by atoms with Gasteiger partial charge in [0.1, 0.15) is 12.2 Å². The molecule has 3 heterocycles. The van der Waals surface area contributed by atoms with E-state index in [-0.39, 0.29) is 24.0 Å². The van der Waals surface area contributed by atoms with E-state index < -0.39 is 17.8 Å². The molecule has 2 atom stereocenters. The van der Waals surface area contributed by atoms with E-state index in [1.54, 1.807) is 12.1 Å². The van der Waals surface area contributed by atoms with Crippen LogP contribution in [-0.2, 0) is 9.59 Å². The first-order valence-corrected chi connectivity index (χ1v) is 16.5. The Morgan fingerprint density at radius 3 is 2.08 bits per heavy atom. The van der Waals surface area contributed by atoms with E-state index in [9.17, 15) is 14.4 Å². The number of nitrogens with zero attached hydrogens (tertiary/aromatic N) is 2. The Labute approximate surface area is 287 Å². The molecule has 4 aromatic carbocycles. The van der Waals surface area contributed by atoms with Crippen molar-refractivity contribution in [3.63, 3.8) is 0 Å². The second-order valence-electron chi connectivity index (χ2n) is 11.9. The molecule has 0 aliphatic carbocycles. The molecule has 9 heteroatoms. The summed E-state index contributed by atoms with van der Waals surface area (Å²) in [7, 11) is 1.48. The number of benzene rings is 4. The van der Waals surface area contributed by atoms with E-state index in [4.69, 9.17) is 15.9 Å². The van der Waals surface area contributed by atoms with Gasteiger partial charge in [0, 0.05) is 30.6 Å². The number of halogens is 1. The van der Waals surface area contributed by atoms with E-state index in [1.165, 1.54) is 30.0 Å². The molecule has 48 heavy (non-hydrogen) atoms. The average Bonchev–Trinajstić information content (AvgIpc) is 3.10. The fourth-order valence-electron chi connectivity index (χ4n) is 7.10. The van der Waals surface area contributed by atoms with Crippen molar-refractivity contribution in [2.75, 3.05) is 36.6 Å². The predicted molar refractivity (Wildman–Crippen MR) is 188 cm³/mol. The molecule has 3 aliphatic heterocycles.